The third-order valence-corrected chi connectivity index (χ3v) is 2.33. The highest BCUT2D eigenvalue weighted by Gasteiger charge is 2.08. The van der Waals surface area contributed by atoms with Crippen LogP contribution >= 0.6 is 27.5 Å². The fraction of sp³-hybridized carbons (Fsp3) is 0.333. The number of hydrogen-bond acceptors (Lipinski definition) is 1. The summed E-state index contributed by atoms with van der Waals surface area (Å²) in [5.41, 5.74) is 0.549. The van der Waals surface area contributed by atoms with Gasteiger partial charge in [0, 0.05) is 10.4 Å². The first-order chi connectivity index (χ1) is 6.13. The van der Waals surface area contributed by atoms with Crippen LogP contribution in [0.2, 0.25) is 0 Å². The van der Waals surface area contributed by atoms with Crippen molar-refractivity contribution in [1.29, 1.82) is 0 Å². The molecule has 4 heteroatoms. The van der Waals surface area contributed by atoms with Gasteiger partial charge in [-0.15, -0.1) is 11.6 Å². The van der Waals surface area contributed by atoms with Gasteiger partial charge < -0.3 is 5.11 Å². The summed E-state index contributed by atoms with van der Waals surface area (Å²) in [7, 11) is 0. The lowest BCUT2D eigenvalue weighted by Crippen LogP contribution is -1.98. The lowest BCUT2D eigenvalue weighted by molar-refractivity contribution is 0.174. The molecule has 0 aliphatic heterocycles. The Morgan fingerprint density at radius 3 is 2.69 bits per heavy atom. The number of benzene rings is 1. The average Bonchev–Trinajstić information content (AvgIpc) is 2.03. The maximum atomic E-state index is 12.9. The van der Waals surface area contributed by atoms with E-state index in [1.165, 1.54) is 12.1 Å². The second-order valence-corrected chi connectivity index (χ2v) is 3.99. The Kier molecular flexibility index (Phi) is 4.16. The monoisotopic (exact) mass is 266 g/mol. The molecule has 0 radical (unpaired) electrons. The van der Waals surface area contributed by atoms with Crippen molar-refractivity contribution in [3.63, 3.8) is 0 Å². The molecule has 1 rings (SSSR count). The van der Waals surface area contributed by atoms with E-state index < -0.39 is 6.10 Å². The van der Waals surface area contributed by atoms with Crippen LogP contribution in [0.1, 0.15) is 18.1 Å². The maximum absolute atomic E-state index is 12.9. The quantitative estimate of drug-likeness (QED) is 0.834. The third kappa shape index (κ3) is 3.25. The van der Waals surface area contributed by atoms with Crippen molar-refractivity contribution >= 4 is 27.5 Å². The Hall–Kier alpha value is -0.120. The highest BCUT2D eigenvalue weighted by Crippen LogP contribution is 2.22. The van der Waals surface area contributed by atoms with Crippen molar-refractivity contribution in [2.75, 3.05) is 5.88 Å². The molecule has 1 atom stereocenters. The van der Waals surface area contributed by atoms with E-state index in [-0.39, 0.29) is 5.82 Å². The summed E-state index contributed by atoms with van der Waals surface area (Å²) in [6.07, 6.45) is -0.262. The summed E-state index contributed by atoms with van der Waals surface area (Å²) in [6, 6.07) is 4.33. The van der Waals surface area contributed by atoms with Gasteiger partial charge in [-0.1, -0.05) is 15.9 Å². The van der Waals surface area contributed by atoms with Crippen LogP contribution in [0.25, 0.3) is 0 Å². The Balaban J connectivity index is 2.87. The van der Waals surface area contributed by atoms with Crippen molar-refractivity contribution in [3.05, 3.63) is 34.1 Å². The van der Waals surface area contributed by atoms with Crippen molar-refractivity contribution in [3.8, 4) is 0 Å². The number of aliphatic hydroxyl groups excluding tert-OH is 1. The van der Waals surface area contributed by atoms with Gasteiger partial charge in [0.1, 0.15) is 5.82 Å². The van der Waals surface area contributed by atoms with Crippen LogP contribution in [0.3, 0.4) is 0 Å². The van der Waals surface area contributed by atoms with Gasteiger partial charge in [0.15, 0.2) is 0 Å². The molecule has 0 bridgehead atoms. The Labute approximate surface area is 89.7 Å². The summed E-state index contributed by atoms with van der Waals surface area (Å²) >= 11 is 8.61. The van der Waals surface area contributed by atoms with Gasteiger partial charge in [-0.2, -0.15) is 0 Å². The molecule has 0 saturated carbocycles. The summed E-state index contributed by atoms with van der Waals surface area (Å²) < 4.78 is 13.5. The average molecular weight is 268 g/mol. The van der Waals surface area contributed by atoms with E-state index in [0.717, 1.165) is 0 Å². The molecule has 1 aromatic rings. The molecule has 13 heavy (non-hydrogen) atoms. The van der Waals surface area contributed by atoms with Gasteiger partial charge >= 0.3 is 0 Å². The van der Waals surface area contributed by atoms with Crippen molar-refractivity contribution < 1.29 is 9.50 Å². The van der Waals surface area contributed by atoms with Crippen molar-refractivity contribution in [1.82, 2.24) is 0 Å². The number of halogens is 3. The second kappa shape index (κ2) is 4.94. The predicted octanol–water partition coefficient (Wildman–Crippen LogP) is 3.25. The number of hydrogen-bond donors (Lipinski definition) is 1. The number of aliphatic hydroxyl groups is 1. The molecule has 0 amide bonds. The molecule has 0 spiro atoms. The zero-order valence-corrected chi connectivity index (χ0v) is 9.15. The molecule has 0 saturated heterocycles. The molecule has 0 fully saturated rings. The van der Waals surface area contributed by atoms with Crippen LogP contribution in [0.4, 0.5) is 4.39 Å². The molecule has 0 unspecified atom stereocenters. The molecular weight excluding hydrogens is 258 g/mol. The third-order valence-electron chi connectivity index (χ3n) is 1.65. The number of alkyl halides is 1. The fourth-order valence-electron chi connectivity index (χ4n) is 1.04. The van der Waals surface area contributed by atoms with Crippen LogP contribution in [0, 0.1) is 5.82 Å². The largest absolute Gasteiger partial charge is 0.388 e. The SMILES string of the molecule is O[C@@H](CCCl)c1cc(F)cc(Br)c1. The minimum absolute atomic E-state index is 0.356. The molecule has 0 aliphatic carbocycles. The molecule has 72 valence electrons. The van der Waals surface area contributed by atoms with Gasteiger partial charge in [-0.05, 0) is 30.2 Å². The van der Waals surface area contributed by atoms with E-state index >= 15 is 0 Å². The van der Waals surface area contributed by atoms with Crippen molar-refractivity contribution in [2.24, 2.45) is 0 Å². The Morgan fingerprint density at radius 1 is 1.46 bits per heavy atom. The lowest BCUT2D eigenvalue weighted by Gasteiger charge is -2.09. The van der Waals surface area contributed by atoms with E-state index in [1.807, 2.05) is 0 Å². The molecule has 1 N–H and O–H groups in total. The predicted molar refractivity (Wildman–Crippen MR) is 54.4 cm³/mol. The zero-order chi connectivity index (χ0) is 9.84. The summed E-state index contributed by atoms with van der Waals surface area (Å²) in [5.74, 6) is -0.00652. The van der Waals surface area contributed by atoms with Crippen LogP contribution in [-0.4, -0.2) is 11.0 Å². The van der Waals surface area contributed by atoms with Crippen molar-refractivity contribution in [2.45, 2.75) is 12.5 Å². The molecular formula is C9H9BrClFO. The topological polar surface area (TPSA) is 20.2 Å². The minimum atomic E-state index is -0.690. The summed E-state index contributed by atoms with van der Waals surface area (Å²) in [4.78, 5) is 0. The van der Waals surface area contributed by atoms with Crippen LogP contribution in [0.15, 0.2) is 22.7 Å². The first kappa shape index (κ1) is 11.0. The maximum Gasteiger partial charge on any atom is 0.124 e. The van der Waals surface area contributed by atoms with E-state index in [4.69, 9.17) is 11.6 Å². The Morgan fingerprint density at radius 2 is 2.15 bits per heavy atom. The highest BCUT2D eigenvalue weighted by molar-refractivity contribution is 9.10. The molecule has 0 aromatic heterocycles. The van der Waals surface area contributed by atoms with Gasteiger partial charge in [-0.3, -0.25) is 0 Å². The van der Waals surface area contributed by atoms with Crippen LogP contribution < -0.4 is 0 Å². The second-order valence-electron chi connectivity index (χ2n) is 2.70. The molecule has 0 heterocycles. The normalized spacial score (nSPS) is 12.9. The fourth-order valence-corrected chi connectivity index (χ4v) is 1.73. The standard InChI is InChI=1S/C9H9BrClFO/c10-7-3-6(4-8(12)5-7)9(13)1-2-11/h3-5,9,13H,1-2H2/t9-/m0/s1. The van der Waals surface area contributed by atoms with E-state index in [2.05, 4.69) is 15.9 Å². The first-order valence-corrected chi connectivity index (χ1v) is 5.16. The van der Waals surface area contributed by atoms with E-state index in [1.54, 1.807) is 6.07 Å². The molecule has 1 aromatic carbocycles. The molecule has 0 aliphatic rings. The minimum Gasteiger partial charge on any atom is -0.388 e. The van der Waals surface area contributed by atoms with Gasteiger partial charge in [0.25, 0.3) is 0 Å². The lowest BCUT2D eigenvalue weighted by atomic mass is 10.1. The molecule has 1 nitrogen and oxygen atoms in total. The zero-order valence-electron chi connectivity index (χ0n) is 6.80. The van der Waals surface area contributed by atoms with Crippen LogP contribution in [-0.2, 0) is 0 Å². The summed E-state index contributed by atoms with van der Waals surface area (Å²) in [6.45, 7) is 0. The number of rotatable bonds is 3. The smallest absolute Gasteiger partial charge is 0.124 e. The van der Waals surface area contributed by atoms with E-state index in [9.17, 15) is 9.50 Å². The Bertz CT molecular complexity index is 273. The van der Waals surface area contributed by atoms with Crippen LogP contribution in [0.5, 0.6) is 0 Å². The van der Waals surface area contributed by atoms with Gasteiger partial charge in [0.2, 0.25) is 0 Å². The highest BCUT2D eigenvalue weighted by atomic mass is 79.9. The van der Waals surface area contributed by atoms with E-state index in [0.29, 0.717) is 22.3 Å². The summed E-state index contributed by atoms with van der Waals surface area (Å²) in [5, 5.41) is 9.50. The first-order valence-electron chi connectivity index (χ1n) is 3.83. The van der Waals surface area contributed by atoms with Gasteiger partial charge in [-0.25, -0.2) is 4.39 Å². The van der Waals surface area contributed by atoms with Gasteiger partial charge in [0.05, 0.1) is 6.10 Å².